The maximum absolute atomic E-state index is 11.7. The van der Waals surface area contributed by atoms with Crippen LogP contribution in [0.2, 0.25) is 0 Å². The van der Waals surface area contributed by atoms with E-state index in [-0.39, 0.29) is 5.91 Å². The van der Waals surface area contributed by atoms with Crippen molar-refractivity contribution in [2.24, 2.45) is 5.92 Å². The van der Waals surface area contributed by atoms with Gasteiger partial charge in [0.05, 0.1) is 6.54 Å². The molecule has 0 atom stereocenters. The van der Waals surface area contributed by atoms with Crippen LogP contribution in [-0.2, 0) is 4.79 Å². The number of amides is 1. The molecule has 5 heteroatoms. The predicted octanol–water partition coefficient (Wildman–Crippen LogP) is 0.729. The van der Waals surface area contributed by atoms with Crippen molar-refractivity contribution >= 4 is 23.2 Å². The predicted molar refractivity (Wildman–Crippen MR) is 69.3 cm³/mol. The molecule has 0 aromatic carbocycles. The Bertz CT molecular complexity index is 250. The van der Waals surface area contributed by atoms with Crippen molar-refractivity contribution in [3.05, 3.63) is 0 Å². The standard InChI is InChI=1S/C11H21N3OS/c1-9(2)7-12-11(16)13-8-10(15)14-5-3-4-6-14/h9H,3-8H2,1-2H3,(H2,12,13,16). The summed E-state index contributed by atoms with van der Waals surface area (Å²) in [6.07, 6.45) is 2.25. The fraction of sp³-hybridized carbons (Fsp3) is 0.818. The Hall–Kier alpha value is -0.840. The molecule has 0 spiro atoms. The molecule has 0 saturated carbocycles. The summed E-state index contributed by atoms with van der Waals surface area (Å²) in [5.41, 5.74) is 0. The van der Waals surface area contributed by atoms with Crippen LogP contribution in [0.15, 0.2) is 0 Å². The summed E-state index contributed by atoms with van der Waals surface area (Å²) < 4.78 is 0. The normalized spacial score (nSPS) is 15.3. The summed E-state index contributed by atoms with van der Waals surface area (Å²) in [6, 6.07) is 0. The van der Waals surface area contributed by atoms with Gasteiger partial charge in [-0.1, -0.05) is 13.8 Å². The second-order valence-corrected chi connectivity index (χ2v) is 4.95. The number of likely N-dealkylation sites (tertiary alicyclic amines) is 1. The number of nitrogens with one attached hydrogen (secondary N) is 2. The first-order valence-electron chi connectivity index (χ1n) is 5.89. The average Bonchev–Trinajstić information content (AvgIpc) is 2.76. The number of carbonyl (C=O) groups is 1. The Morgan fingerprint density at radius 3 is 2.50 bits per heavy atom. The van der Waals surface area contributed by atoms with Crippen molar-refractivity contribution in [3.63, 3.8) is 0 Å². The van der Waals surface area contributed by atoms with E-state index in [0.717, 1.165) is 32.5 Å². The highest BCUT2D eigenvalue weighted by atomic mass is 32.1. The zero-order valence-electron chi connectivity index (χ0n) is 10.1. The number of rotatable bonds is 4. The van der Waals surface area contributed by atoms with Crippen molar-refractivity contribution in [1.82, 2.24) is 15.5 Å². The van der Waals surface area contributed by atoms with E-state index in [9.17, 15) is 4.79 Å². The van der Waals surface area contributed by atoms with Gasteiger partial charge >= 0.3 is 0 Å². The SMILES string of the molecule is CC(C)CNC(=S)NCC(=O)N1CCCC1. The van der Waals surface area contributed by atoms with E-state index in [1.54, 1.807) is 0 Å². The third-order valence-corrected chi connectivity index (χ3v) is 2.82. The Labute approximate surface area is 103 Å². The molecule has 0 bridgehead atoms. The van der Waals surface area contributed by atoms with Gasteiger partial charge in [-0.2, -0.15) is 0 Å². The van der Waals surface area contributed by atoms with Crippen LogP contribution >= 0.6 is 12.2 Å². The molecule has 1 heterocycles. The number of hydrogen-bond acceptors (Lipinski definition) is 2. The van der Waals surface area contributed by atoms with Crippen LogP contribution in [0.25, 0.3) is 0 Å². The molecule has 92 valence electrons. The van der Waals surface area contributed by atoms with Gasteiger partial charge < -0.3 is 15.5 Å². The van der Waals surface area contributed by atoms with Gasteiger partial charge in [-0.3, -0.25) is 4.79 Å². The summed E-state index contributed by atoms with van der Waals surface area (Å²) in [5.74, 6) is 0.695. The molecule has 0 aromatic rings. The van der Waals surface area contributed by atoms with Crippen molar-refractivity contribution < 1.29 is 4.79 Å². The fourth-order valence-corrected chi connectivity index (χ4v) is 1.75. The van der Waals surface area contributed by atoms with E-state index < -0.39 is 0 Å². The molecule has 0 aromatic heterocycles. The zero-order valence-corrected chi connectivity index (χ0v) is 10.9. The van der Waals surface area contributed by atoms with Crippen molar-refractivity contribution in [1.29, 1.82) is 0 Å². The number of nitrogens with zero attached hydrogens (tertiary/aromatic N) is 1. The molecular weight excluding hydrogens is 222 g/mol. The highest BCUT2D eigenvalue weighted by molar-refractivity contribution is 7.80. The Balaban J connectivity index is 2.13. The summed E-state index contributed by atoms with van der Waals surface area (Å²) >= 11 is 5.07. The highest BCUT2D eigenvalue weighted by Gasteiger charge is 2.17. The molecule has 1 aliphatic rings. The van der Waals surface area contributed by atoms with Gasteiger partial charge in [-0.15, -0.1) is 0 Å². The first-order chi connectivity index (χ1) is 7.59. The second kappa shape index (κ2) is 6.68. The van der Waals surface area contributed by atoms with E-state index in [4.69, 9.17) is 12.2 Å². The van der Waals surface area contributed by atoms with Gasteiger partial charge in [0, 0.05) is 19.6 Å². The number of carbonyl (C=O) groups excluding carboxylic acids is 1. The largest absolute Gasteiger partial charge is 0.362 e. The van der Waals surface area contributed by atoms with Crippen LogP contribution in [0.4, 0.5) is 0 Å². The Kier molecular flexibility index (Phi) is 5.52. The van der Waals surface area contributed by atoms with Crippen molar-refractivity contribution in [3.8, 4) is 0 Å². The lowest BCUT2D eigenvalue weighted by atomic mass is 10.2. The Morgan fingerprint density at radius 1 is 1.31 bits per heavy atom. The quantitative estimate of drug-likeness (QED) is 0.715. The lowest BCUT2D eigenvalue weighted by molar-refractivity contribution is -0.128. The van der Waals surface area contributed by atoms with Crippen LogP contribution < -0.4 is 10.6 Å². The summed E-state index contributed by atoms with van der Waals surface area (Å²) in [4.78, 5) is 13.6. The monoisotopic (exact) mass is 243 g/mol. The molecule has 0 unspecified atom stereocenters. The topological polar surface area (TPSA) is 44.4 Å². The molecule has 2 N–H and O–H groups in total. The van der Waals surface area contributed by atoms with Gasteiger partial charge in [0.25, 0.3) is 0 Å². The van der Waals surface area contributed by atoms with Gasteiger partial charge in [-0.05, 0) is 31.0 Å². The van der Waals surface area contributed by atoms with Crippen LogP contribution in [0, 0.1) is 5.92 Å². The molecule has 1 rings (SSSR count). The van der Waals surface area contributed by atoms with E-state index in [1.165, 1.54) is 0 Å². The number of hydrogen-bond donors (Lipinski definition) is 2. The first kappa shape index (κ1) is 13.2. The fourth-order valence-electron chi connectivity index (χ4n) is 1.59. The third kappa shape index (κ3) is 4.79. The van der Waals surface area contributed by atoms with E-state index >= 15 is 0 Å². The molecule has 16 heavy (non-hydrogen) atoms. The van der Waals surface area contributed by atoms with Gasteiger partial charge in [0.1, 0.15) is 0 Å². The minimum absolute atomic E-state index is 0.145. The van der Waals surface area contributed by atoms with Crippen LogP contribution in [0.1, 0.15) is 26.7 Å². The molecule has 1 saturated heterocycles. The smallest absolute Gasteiger partial charge is 0.241 e. The van der Waals surface area contributed by atoms with E-state index in [2.05, 4.69) is 24.5 Å². The molecule has 0 aliphatic carbocycles. The Morgan fingerprint density at radius 2 is 1.94 bits per heavy atom. The summed E-state index contributed by atoms with van der Waals surface area (Å²) in [6.45, 7) is 7.17. The third-order valence-electron chi connectivity index (χ3n) is 2.53. The average molecular weight is 243 g/mol. The summed E-state index contributed by atoms with van der Waals surface area (Å²) in [7, 11) is 0. The molecule has 1 amide bonds. The highest BCUT2D eigenvalue weighted by Crippen LogP contribution is 2.06. The lowest BCUT2D eigenvalue weighted by Gasteiger charge is -2.17. The van der Waals surface area contributed by atoms with Crippen LogP contribution in [0.5, 0.6) is 0 Å². The molecule has 1 aliphatic heterocycles. The minimum atomic E-state index is 0.145. The van der Waals surface area contributed by atoms with Crippen LogP contribution in [-0.4, -0.2) is 42.1 Å². The van der Waals surface area contributed by atoms with Gasteiger partial charge in [0.2, 0.25) is 5.91 Å². The minimum Gasteiger partial charge on any atom is -0.362 e. The molecule has 4 nitrogen and oxygen atoms in total. The lowest BCUT2D eigenvalue weighted by Crippen LogP contribution is -2.43. The maximum Gasteiger partial charge on any atom is 0.241 e. The molecular formula is C11H21N3OS. The van der Waals surface area contributed by atoms with E-state index in [0.29, 0.717) is 17.6 Å². The van der Waals surface area contributed by atoms with E-state index in [1.807, 2.05) is 4.90 Å². The summed E-state index contributed by atoms with van der Waals surface area (Å²) in [5, 5.41) is 6.59. The van der Waals surface area contributed by atoms with Crippen molar-refractivity contribution in [2.75, 3.05) is 26.2 Å². The molecule has 0 radical (unpaired) electrons. The first-order valence-corrected chi connectivity index (χ1v) is 6.30. The van der Waals surface area contributed by atoms with Crippen LogP contribution in [0.3, 0.4) is 0 Å². The van der Waals surface area contributed by atoms with Crippen molar-refractivity contribution in [2.45, 2.75) is 26.7 Å². The second-order valence-electron chi connectivity index (χ2n) is 4.55. The van der Waals surface area contributed by atoms with Gasteiger partial charge in [0.15, 0.2) is 5.11 Å². The maximum atomic E-state index is 11.7. The van der Waals surface area contributed by atoms with Gasteiger partial charge in [-0.25, -0.2) is 0 Å². The molecule has 1 fully saturated rings. The number of thiocarbonyl (C=S) groups is 1. The zero-order chi connectivity index (χ0) is 12.0.